The average molecular weight is 1020 g/mol. The van der Waals surface area contributed by atoms with E-state index in [0.29, 0.717) is 11.1 Å². The molecular weight excluding hydrogens is 966 g/mol. The summed E-state index contributed by atoms with van der Waals surface area (Å²) in [5.41, 5.74) is -0.861. The number of nitrogens with zero attached hydrogens (tertiary/aromatic N) is 3. The summed E-state index contributed by atoms with van der Waals surface area (Å²) in [6, 6.07) is 26.1. The van der Waals surface area contributed by atoms with Gasteiger partial charge in [-0.05, 0) is 128 Å². The molecule has 67 heavy (non-hydrogen) atoms. The highest BCUT2D eigenvalue weighted by Gasteiger charge is 2.48. The molecule has 1 amide bonds. The monoisotopic (exact) mass is 1020 g/mol. The van der Waals surface area contributed by atoms with Crippen molar-refractivity contribution in [1.29, 1.82) is 0 Å². The van der Waals surface area contributed by atoms with Gasteiger partial charge in [0.2, 0.25) is 0 Å². The minimum atomic E-state index is -6.03. The standard InChI is InChI=1S/C47H58ClF3N5O7PS3/c1-46(2)22-20-42(34-10-14-37(48)15-11-34)36(31-46)32-55-24-26-56(27-25-55)39-16-12-35(13-17-39)45(57)53-66(4,61)41-18-19-43(44(30-41)67(62,63)47(49,50)51)52-38(33-65-40-8-6-5-7-9-40)21-23-54(3)28-29-64(58,59)60/h5-19,30,38,52H,4,20-29,31-33H2,1-3H3,(H,53,57,61)(H2,58,59,60)/t38-,66?/m1/s1. The van der Waals surface area contributed by atoms with Gasteiger partial charge in [-0.3, -0.25) is 19.0 Å². The van der Waals surface area contributed by atoms with Gasteiger partial charge in [-0.15, -0.1) is 11.8 Å². The Labute approximate surface area is 401 Å². The van der Waals surface area contributed by atoms with Crippen LogP contribution in [0.3, 0.4) is 0 Å². The molecule has 12 nitrogen and oxygen atoms in total. The quantitative estimate of drug-likeness (QED) is 0.0402. The summed E-state index contributed by atoms with van der Waals surface area (Å²) in [4.78, 5) is 37.7. The summed E-state index contributed by atoms with van der Waals surface area (Å²) in [6.07, 6.45) is 3.00. The number of nitrogens with one attached hydrogen (secondary N) is 2. The molecule has 0 aromatic heterocycles. The number of carbonyl (C=O) groups is 1. The molecule has 0 radical (unpaired) electrons. The number of hydrogen-bond acceptors (Lipinski definition) is 10. The average Bonchev–Trinajstić information content (AvgIpc) is 3.26. The Kier molecular flexibility index (Phi) is 17.1. The molecule has 1 aliphatic carbocycles. The van der Waals surface area contributed by atoms with Gasteiger partial charge in [-0.25, -0.2) is 12.6 Å². The highest BCUT2D eigenvalue weighted by molar-refractivity contribution is 7.99. The van der Waals surface area contributed by atoms with Crippen LogP contribution in [0.2, 0.25) is 5.02 Å². The van der Waals surface area contributed by atoms with Crippen LogP contribution >= 0.6 is 31.0 Å². The van der Waals surface area contributed by atoms with E-state index in [1.807, 2.05) is 42.5 Å². The molecule has 1 aliphatic heterocycles. The van der Waals surface area contributed by atoms with Crippen LogP contribution < -0.4 is 14.9 Å². The van der Waals surface area contributed by atoms with Crippen LogP contribution in [0.25, 0.3) is 5.57 Å². The van der Waals surface area contributed by atoms with Crippen molar-refractivity contribution >= 4 is 79.2 Å². The maximum Gasteiger partial charge on any atom is 0.501 e. The summed E-state index contributed by atoms with van der Waals surface area (Å²) in [5.74, 6) is 3.06. The van der Waals surface area contributed by atoms with E-state index in [1.54, 1.807) is 36.2 Å². The Morgan fingerprint density at radius 3 is 2.24 bits per heavy atom. The fourth-order valence-corrected chi connectivity index (χ4v) is 12.1. The van der Waals surface area contributed by atoms with E-state index < -0.39 is 66.2 Å². The van der Waals surface area contributed by atoms with Gasteiger partial charge in [-0.2, -0.15) is 13.2 Å². The maximum absolute atomic E-state index is 14.2. The first kappa shape index (κ1) is 52.5. The lowest BCUT2D eigenvalue weighted by Gasteiger charge is -2.39. The van der Waals surface area contributed by atoms with Crippen LogP contribution in [-0.4, -0.2) is 120 Å². The predicted molar refractivity (Wildman–Crippen MR) is 265 cm³/mol. The molecule has 4 N–H and O–H groups in total. The Morgan fingerprint density at radius 2 is 1.61 bits per heavy atom. The molecule has 1 heterocycles. The normalized spacial score (nSPS) is 17.6. The highest BCUT2D eigenvalue weighted by Crippen LogP contribution is 2.43. The summed E-state index contributed by atoms with van der Waals surface area (Å²) in [6.45, 7) is 8.97. The van der Waals surface area contributed by atoms with Gasteiger partial charge in [0.1, 0.15) is 4.90 Å². The number of allylic oxidation sites excluding steroid dienone is 1. The van der Waals surface area contributed by atoms with Crippen molar-refractivity contribution in [1.82, 2.24) is 14.5 Å². The Balaban J connectivity index is 1.13. The molecule has 1 saturated heterocycles. The molecule has 2 atom stereocenters. The third kappa shape index (κ3) is 14.6. The van der Waals surface area contributed by atoms with Crippen molar-refractivity contribution in [2.24, 2.45) is 5.41 Å². The van der Waals surface area contributed by atoms with E-state index >= 15 is 0 Å². The number of carbonyl (C=O) groups excluding carboxylic acids is 1. The van der Waals surface area contributed by atoms with E-state index in [-0.39, 0.29) is 36.2 Å². The van der Waals surface area contributed by atoms with Crippen LogP contribution in [0.5, 0.6) is 0 Å². The van der Waals surface area contributed by atoms with Gasteiger partial charge in [-0.1, -0.05) is 61.4 Å². The molecule has 1 unspecified atom stereocenters. The second-order valence-corrected chi connectivity index (χ2v) is 25.1. The van der Waals surface area contributed by atoms with E-state index in [9.17, 15) is 44.9 Å². The number of rotatable bonds is 19. The summed E-state index contributed by atoms with van der Waals surface area (Å²) >= 11 is 7.56. The van der Waals surface area contributed by atoms with E-state index in [4.69, 9.17) is 11.6 Å². The van der Waals surface area contributed by atoms with Crippen LogP contribution in [-0.2, 0) is 24.1 Å². The number of thioether (sulfide) groups is 1. The zero-order valence-corrected chi connectivity index (χ0v) is 41.8. The largest absolute Gasteiger partial charge is 0.501 e. The first-order valence-electron chi connectivity index (χ1n) is 21.8. The van der Waals surface area contributed by atoms with Gasteiger partial charge in [0.25, 0.3) is 15.7 Å². The Hall–Kier alpha value is -3.84. The van der Waals surface area contributed by atoms with Crippen LogP contribution in [0, 0.1) is 5.41 Å². The second kappa shape index (κ2) is 21.8. The first-order valence-corrected chi connectivity index (χ1v) is 28.1. The molecular formula is C47H58ClF3N5O7PS3. The third-order valence-electron chi connectivity index (χ3n) is 12.0. The van der Waals surface area contributed by atoms with Gasteiger partial charge < -0.3 is 24.9 Å². The molecule has 0 saturated carbocycles. The lowest BCUT2D eigenvalue weighted by molar-refractivity contribution is -0.0435. The molecule has 2 aliphatic rings. The SMILES string of the molecule is C=S(=O)(NC(=O)c1ccc(N2CCN(CC3=C(c4ccc(Cl)cc4)CCC(C)(C)C3)CC2)cc1)c1ccc(N[C@H](CCN(C)CCP(=O)(O)O)CSc2ccccc2)c(S(=O)(=O)C(F)(F)F)c1. The number of sulfone groups is 1. The lowest BCUT2D eigenvalue weighted by Crippen LogP contribution is -2.47. The van der Waals surface area contributed by atoms with Gasteiger partial charge in [0.05, 0.1) is 26.5 Å². The molecule has 6 rings (SSSR count). The zero-order chi connectivity index (χ0) is 48.8. The number of benzene rings is 4. The number of amides is 1. The molecule has 4 aromatic carbocycles. The lowest BCUT2D eigenvalue weighted by atomic mass is 9.73. The number of alkyl halides is 3. The Bertz CT molecular complexity index is 2660. The summed E-state index contributed by atoms with van der Waals surface area (Å²) in [5, 5.41) is 3.65. The summed E-state index contributed by atoms with van der Waals surface area (Å²) < 4.78 is 96.7. The molecule has 1 fully saturated rings. The van der Waals surface area contributed by atoms with E-state index in [2.05, 4.69) is 51.7 Å². The van der Waals surface area contributed by atoms with Crippen molar-refractivity contribution in [3.63, 3.8) is 0 Å². The van der Waals surface area contributed by atoms with Crippen molar-refractivity contribution in [3.8, 4) is 0 Å². The number of halogens is 4. The summed E-state index contributed by atoms with van der Waals surface area (Å²) in [7, 11) is -12.6. The highest BCUT2D eigenvalue weighted by atomic mass is 35.5. The fraction of sp³-hybridized carbons (Fsp3) is 0.404. The van der Waals surface area contributed by atoms with E-state index in [0.717, 1.165) is 74.7 Å². The first-order chi connectivity index (χ1) is 31.4. The maximum atomic E-state index is 14.2. The zero-order valence-electron chi connectivity index (χ0n) is 37.7. The molecule has 20 heteroatoms. The van der Waals surface area contributed by atoms with Crippen LogP contribution in [0.15, 0.2) is 117 Å². The molecule has 4 aromatic rings. The van der Waals surface area contributed by atoms with Gasteiger partial charge in [0.15, 0.2) is 0 Å². The number of anilines is 2. The molecule has 364 valence electrons. The van der Waals surface area contributed by atoms with Gasteiger partial charge in [0, 0.05) is 72.2 Å². The fourth-order valence-electron chi connectivity index (χ4n) is 8.18. The molecule has 0 bridgehead atoms. The number of piperazine rings is 1. The molecule has 0 spiro atoms. The smallest absolute Gasteiger partial charge is 0.380 e. The predicted octanol–water partition coefficient (Wildman–Crippen LogP) is 8.91. The van der Waals surface area contributed by atoms with Crippen LogP contribution in [0.1, 0.15) is 55.5 Å². The van der Waals surface area contributed by atoms with Crippen molar-refractivity contribution in [2.45, 2.75) is 65.8 Å². The minimum Gasteiger partial charge on any atom is -0.380 e. The van der Waals surface area contributed by atoms with E-state index in [1.165, 1.54) is 28.5 Å². The van der Waals surface area contributed by atoms with Crippen LogP contribution in [0.4, 0.5) is 24.5 Å². The van der Waals surface area contributed by atoms with Crippen molar-refractivity contribution in [2.75, 3.05) is 75.0 Å². The van der Waals surface area contributed by atoms with Crippen molar-refractivity contribution in [3.05, 3.63) is 119 Å². The van der Waals surface area contributed by atoms with Crippen molar-refractivity contribution < 1.29 is 44.9 Å². The number of hydrogen-bond donors (Lipinski definition) is 4. The Morgan fingerprint density at radius 1 is 0.955 bits per heavy atom. The van der Waals surface area contributed by atoms with Gasteiger partial charge >= 0.3 is 13.1 Å². The second-order valence-electron chi connectivity index (χ2n) is 17.9. The topological polar surface area (TPSA) is 160 Å². The third-order valence-corrected chi connectivity index (χ3v) is 17.3. The minimum absolute atomic E-state index is 0.0437.